The highest BCUT2D eigenvalue weighted by atomic mass is 19.1. The Labute approximate surface area is 191 Å². The van der Waals surface area contributed by atoms with Gasteiger partial charge in [0.1, 0.15) is 30.3 Å². The van der Waals surface area contributed by atoms with E-state index in [1.165, 1.54) is 12.1 Å². The topological polar surface area (TPSA) is 82.9 Å². The summed E-state index contributed by atoms with van der Waals surface area (Å²) in [5, 5.41) is 10.0. The van der Waals surface area contributed by atoms with E-state index in [2.05, 4.69) is 6.07 Å². The van der Waals surface area contributed by atoms with Gasteiger partial charge in [-0.15, -0.1) is 0 Å². The number of Topliss-reactive ketones (excluding diaryl/α,β-unsaturated/α-hetero) is 1. The molecule has 0 N–H and O–H groups in total. The van der Waals surface area contributed by atoms with E-state index >= 15 is 0 Å². The van der Waals surface area contributed by atoms with Crippen LogP contribution in [0.15, 0.2) is 53.4 Å². The van der Waals surface area contributed by atoms with Crippen molar-refractivity contribution in [3.8, 4) is 6.07 Å². The van der Waals surface area contributed by atoms with Crippen LogP contribution in [0.4, 0.5) is 4.39 Å². The third-order valence-electron chi connectivity index (χ3n) is 6.31. The Morgan fingerprint density at radius 1 is 1.27 bits per heavy atom. The van der Waals surface area contributed by atoms with E-state index in [0.29, 0.717) is 48.7 Å². The van der Waals surface area contributed by atoms with E-state index in [0.717, 1.165) is 18.4 Å². The number of amides is 1. The van der Waals surface area contributed by atoms with E-state index in [1.54, 1.807) is 23.1 Å². The van der Waals surface area contributed by atoms with E-state index in [4.69, 9.17) is 9.47 Å². The van der Waals surface area contributed by atoms with Crippen LogP contribution in [-0.4, -0.2) is 66.5 Å². The maximum absolute atomic E-state index is 14.1. The lowest BCUT2D eigenvalue weighted by molar-refractivity contribution is -0.143. The number of rotatable bonds is 5. The lowest BCUT2D eigenvalue weighted by Crippen LogP contribution is -2.43. The number of hydrogen-bond donors (Lipinski definition) is 0. The van der Waals surface area contributed by atoms with Crippen LogP contribution in [0, 0.1) is 17.1 Å². The Morgan fingerprint density at radius 3 is 2.76 bits per heavy atom. The summed E-state index contributed by atoms with van der Waals surface area (Å²) in [7, 11) is 0. The van der Waals surface area contributed by atoms with Crippen molar-refractivity contribution in [2.45, 2.75) is 31.4 Å². The molecule has 1 unspecified atom stereocenters. The molecule has 33 heavy (non-hydrogen) atoms. The number of carbonyl (C=O) groups is 2. The van der Waals surface area contributed by atoms with Gasteiger partial charge < -0.3 is 19.3 Å². The van der Waals surface area contributed by atoms with E-state index in [-0.39, 0.29) is 30.8 Å². The van der Waals surface area contributed by atoms with Gasteiger partial charge in [-0.05, 0) is 47.8 Å². The van der Waals surface area contributed by atoms with Gasteiger partial charge in [0.05, 0.1) is 13.2 Å². The molecule has 1 amide bonds. The van der Waals surface area contributed by atoms with Crippen molar-refractivity contribution >= 4 is 17.3 Å². The van der Waals surface area contributed by atoms with Crippen molar-refractivity contribution in [3.05, 3.63) is 64.8 Å². The Bertz CT molecular complexity index is 1120. The van der Waals surface area contributed by atoms with Crippen molar-refractivity contribution in [3.63, 3.8) is 0 Å². The highest BCUT2D eigenvalue weighted by molar-refractivity contribution is 5.98. The van der Waals surface area contributed by atoms with Crippen LogP contribution >= 0.6 is 0 Å². The smallest absolute Gasteiger partial charge is 0.248 e. The molecular formula is C25H24FN3O4. The summed E-state index contributed by atoms with van der Waals surface area (Å²) in [4.78, 5) is 28.9. The van der Waals surface area contributed by atoms with Gasteiger partial charge in [0.2, 0.25) is 5.91 Å². The standard InChI is InChI=1S/C25H24FN3O4/c26-18-3-1-2-16(10-18)25-20-12-23(33-15-24(31)28-6-8-32-9-7-28)22(30)11-17(20)14-29(19-4-5-19)21(25)13-27/h1-3,10,12,14,19,23H,4-9,11,15H2. The third-order valence-corrected chi connectivity index (χ3v) is 6.31. The van der Waals surface area contributed by atoms with Crippen LogP contribution in [0.25, 0.3) is 5.57 Å². The van der Waals surface area contributed by atoms with Crippen molar-refractivity contribution < 1.29 is 23.5 Å². The monoisotopic (exact) mass is 449 g/mol. The number of nitriles is 1. The molecule has 8 heteroatoms. The zero-order chi connectivity index (χ0) is 22.9. The molecule has 5 rings (SSSR count). The van der Waals surface area contributed by atoms with Crippen LogP contribution in [0.2, 0.25) is 0 Å². The number of fused-ring (bicyclic) bond motifs is 1. The number of halogens is 1. The minimum atomic E-state index is -0.905. The first kappa shape index (κ1) is 21.6. The molecular weight excluding hydrogens is 425 g/mol. The number of nitrogens with zero attached hydrogens (tertiary/aromatic N) is 3. The molecule has 7 nitrogen and oxygen atoms in total. The maximum Gasteiger partial charge on any atom is 0.248 e. The number of hydrogen-bond acceptors (Lipinski definition) is 6. The van der Waals surface area contributed by atoms with Gasteiger partial charge in [-0.25, -0.2) is 4.39 Å². The second-order valence-corrected chi connectivity index (χ2v) is 8.59. The number of morpholine rings is 1. The fourth-order valence-corrected chi connectivity index (χ4v) is 4.48. The van der Waals surface area contributed by atoms with Crippen LogP contribution < -0.4 is 0 Å². The summed E-state index contributed by atoms with van der Waals surface area (Å²) < 4.78 is 25.1. The van der Waals surface area contributed by atoms with E-state index < -0.39 is 11.9 Å². The number of allylic oxidation sites excluding steroid dienone is 4. The molecule has 0 spiro atoms. The summed E-state index contributed by atoms with van der Waals surface area (Å²) in [6.07, 6.45) is 4.70. The summed E-state index contributed by atoms with van der Waals surface area (Å²) in [5.74, 6) is -0.731. The highest BCUT2D eigenvalue weighted by Crippen LogP contribution is 2.44. The zero-order valence-corrected chi connectivity index (χ0v) is 18.1. The second kappa shape index (κ2) is 8.93. The molecule has 0 aromatic heterocycles. The molecule has 1 aromatic carbocycles. The largest absolute Gasteiger partial charge is 0.378 e. The first-order valence-electron chi connectivity index (χ1n) is 11.2. The minimum Gasteiger partial charge on any atom is -0.378 e. The van der Waals surface area contributed by atoms with Gasteiger partial charge in [0, 0.05) is 37.3 Å². The van der Waals surface area contributed by atoms with Crippen molar-refractivity contribution in [1.82, 2.24) is 9.80 Å². The molecule has 1 aromatic rings. The van der Waals surface area contributed by atoms with Gasteiger partial charge in [-0.3, -0.25) is 9.59 Å². The molecule has 2 aliphatic carbocycles. The summed E-state index contributed by atoms with van der Waals surface area (Å²) >= 11 is 0. The number of carbonyl (C=O) groups excluding carboxylic acids is 2. The van der Waals surface area contributed by atoms with Crippen LogP contribution in [0.3, 0.4) is 0 Å². The van der Waals surface area contributed by atoms with Crippen LogP contribution in [0.5, 0.6) is 0 Å². The SMILES string of the molecule is N#CC1=C(c2cccc(F)c2)C2=CC(OCC(=O)N3CCOCC3)C(=O)CC2=CN1C1CC1. The Kier molecular flexibility index (Phi) is 5.83. The van der Waals surface area contributed by atoms with Crippen molar-refractivity contribution in [1.29, 1.82) is 5.26 Å². The Balaban J connectivity index is 1.47. The van der Waals surface area contributed by atoms with Gasteiger partial charge >= 0.3 is 0 Å². The summed E-state index contributed by atoms with van der Waals surface area (Å²) in [5.41, 5.74) is 3.09. The fourth-order valence-electron chi connectivity index (χ4n) is 4.48. The average molecular weight is 449 g/mol. The number of benzene rings is 1. The highest BCUT2D eigenvalue weighted by Gasteiger charge is 2.38. The molecule has 170 valence electrons. The molecule has 1 saturated carbocycles. The van der Waals surface area contributed by atoms with E-state index in [1.807, 2.05) is 11.1 Å². The maximum atomic E-state index is 14.1. The van der Waals surface area contributed by atoms with Crippen molar-refractivity contribution in [2.24, 2.45) is 0 Å². The van der Waals surface area contributed by atoms with E-state index in [9.17, 15) is 19.2 Å². The Hall–Kier alpha value is -3.28. The minimum absolute atomic E-state index is 0.128. The lowest BCUT2D eigenvalue weighted by Gasteiger charge is -2.34. The van der Waals surface area contributed by atoms with Gasteiger partial charge in [-0.1, -0.05) is 12.1 Å². The first-order chi connectivity index (χ1) is 16.0. The predicted molar refractivity (Wildman–Crippen MR) is 117 cm³/mol. The predicted octanol–water partition coefficient (Wildman–Crippen LogP) is 2.57. The van der Waals surface area contributed by atoms with Gasteiger partial charge in [0.25, 0.3) is 0 Å². The molecule has 2 fully saturated rings. The van der Waals surface area contributed by atoms with Gasteiger partial charge in [-0.2, -0.15) is 5.26 Å². The zero-order valence-electron chi connectivity index (χ0n) is 18.1. The molecule has 1 saturated heterocycles. The lowest BCUT2D eigenvalue weighted by atomic mass is 9.81. The fraction of sp³-hybridized carbons (Fsp3) is 0.400. The number of ketones is 1. The molecule has 0 radical (unpaired) electrons. The van der Waals surface area contributed by atoms with Crippen LogP contribution in [-0.2, 0) is 19.1 Å². The first-order valence-corrected chi connectivity index (χ1v) is 11.2. The summed E-state index contributed by atoms with van der Waals surface area (Å²) in [6, 6.07) is 8.64. The second-order valence-electron chi connectivity index (χ2n) is 8.59. The van der Waals surface area contributed by atoms with Crippen molar-refractivity contribution in [2.75, 3.05) is 32.9 Å². The average Bonchev–Trinajstić information content (AvgIpc) is 3.67. The quantitative estimate of drug-likeness (QED) is 0.687. The molecule has 2 heterocycles. The summed E-state index contributed by atoms with van der Waals surface area (Å²) in [6.45, 7) is 1.77. The van der Waals surface area contributed by atoms with Crippen LogP contribution in [0.1, 0.15) is 24.8 Å². The molecule has 1 atom stereocenters. The molecule has 2 aliphatic heterocycles. The number of ether oxygens (including phenoxy) is 2. The Morgan fingerprint density at radius 2 is 2.06 bits per heavy atom. The third kappa shape index (κ3) is 4.34. The molecule has 4 aliphatic rings. The van der Waals surface area contributed by atoms with Gasteiger partial charge in [0.15, 0.2) is 5.78 Å². The normalized spacial score (nSPS) is 23.0. The molecule has 0 bridgehead atoms.